The minimum atomic E-state index is 0.210. The smallest absolute Gasteiger partial charge is 0.141 e. The molecule has 1 fully saturated rings. The van der Waals surface area contributed by atoms with E-state index in [4.69, 9.17) is 5.73 Å². The number of nitrogens with two attached hydrogens (primary N) is 1. The number of carbonyl (C=O) groups excluding carboxylic acids is 1. The molecule has 0 radical (unpaired) electrons. The highest BCUT2D eigenvalue weighted by Crippen LogP contribution is 2.24. The summed E-state index contributed by atoms with van der Waals surface area (Å²) in [5.74, 6) is 0.535. The zero-order valence-electron chi connectivity index (χ0n) is 9.72. The fourth-order valence-electron chi connectivity index (χ4n) is 2.32. The van der Waals surface area contributed by atoms with E-state index in [-0.39, 0.29) is 5.92 Å². The molecule has 1 aromatic heterocycles. The number of carbonyl (C=O) groups is 1. The number of rotatable bonds is 3. The van der Waals surface area contributed by atoms with Crippen LogP contribution in [0.25, 0.3) is 0 Å². The number of hydrogen-bond donors (Lipinski definition) is 1. The predicted molar refractivity (Wildman–Crippen MR) is 61.9 cm³/mol. The van der Waals surface area contributed by atoms with Crippen LogP contribution in [0.4, 0.5) is 0 Å². The lowest BCUT2D eigenvalue weighted by molar-refractivity contribution is -0.123. The van der Waals surface area contributed by atoms with E-state index in [0.717, 1.165) is 31.4 Å². The van der Waals surface area contributed by atoms with E-state index in [1.807, 2.05) is 19.3 Å². The molecule has 1 aliphatic rings. The maximum Gasteiger partial charge on any atom is 0.141 e. The van der Waals surface area contributed by atoms with Crippen LogP contribution < -0.4 is 5.73 Å². The average molecular weight is 221 g/mol. The lowest BCUT2D eigenvalue weighted by Gasteiger charge is -2.24. The first kappa shape index (κ1) is 11.3. The van der Waals surface area contributed by atoms with Gasteiger partial charge in [0.25, 0.3) is 0 Å². The van der Waals surface area contributed by atoms with Crippen LogP contribution in [-0.4, -0.2) is 21.6 Å². The molecule has 4 nitrogen and oxygen atoms in total. The lowest BCUT2D eigenvalue weighted by Crippen LogP contribution is -2.30. The Bertz CT molecular complexity index is 364. The van der Waals surface area contributed by atoms with Crippen LogP contribution >= 0.6 is 0 Å². The van der Waals surface area contributed by atoms with Gasteiger partial charge in [-0.25, -0.2) is 0 Å². The summed E-state index contributed by atoms with van der Waals surface area (Å²) in [6.07, 6.45) is 6.22. The number of aromatic nitrogens is 2. The van der Waals surface area contributed by atoms with Crippen molar-refractivity contribution in [2.45, 2.75) is 38.1 Å². The van der Waals surface area contributed by atoms with Gasteiger partial charge >= 0.3 is 0 Å². The summed E-state index contributed by atoms with van der Waals surface area (Å²) >= 11 is 0. The molecule has 2 rings (SSSR count). The van der Waals surface area contributed by atoms with Gasteiger partial charge in [0.05, 0.1) is 12.1 Å². The molecule has 1 aliphatic carbocycles. The predicted octanol–water partition coefficient (Wildman–Crippen LogP) is 1.05. The molecule has 1 heterocycles. The van der Waals surface area contributed by atoms with Gasteiger partial charge in [-0.15, -0.1) is 0 Å². The lowest BCUT2D eigenvalue weighted by atomic mass is 9.83. The Morgan fingerprint density at radius 2 is 2.19 bits per heavy atom. The second kappa shape index (κ2) is 4.78. The first-order valence-corrected chi connectivity index (χ1v) is 5.92. The quantitative estimate of drug-likeness (QED) is 0.830. The Morgan fingerprint density at radius 3 is 2.75 bits per heavy atom. The topological polar surface area (TPSA) is 60.9 Å². The first-order valence-electron chi connectivity index (χ1n) is 5.92. The molecule has 0 saturated heterocycles. The van der Waals surface area contributed by atoms with Gasteiger partial charge in [0.15, 0.2) is 0 Å². The van der Waals surface area contributed by atoms with Gasteiger partial charge in [-0.2, -0.15) is 5.10 Å². The summed E-state index contributed by atoms with van der Waals surface area (Å²) in [5.41, 5.74) is 6.70. The second-order valence-corrected chi connectivity index (χ2v) is 4.74. The fourth-order valence-corrected chi connectivity index (χ4v) is 2.32. The van der Waals surface area contributed by atoms with E-state index in [1.54, 1.807) is 4.68 Å². The van der Waals surface area contributed by atoms with E-state index in [0.29, 0.717) is 18.2 Å². The molecule has 0 unspecified atom stereocenters. The SMILES string of the molecule is Cn1ccc(CC(=O)C2CCC(N)CC2)n1. The maximum absolute atomic E-state index is 12.0. The van der Waals surface area contributed by atoms with Crippen LogP contribution in [-0.2, 0) is 18.3 Å². The molecular formula is C12H19N3O. The zero-order valence-corrected chi connectivity index (χ0v) is 9.72. The Balaban J connectivity index is 1.88. The van der Waals surface area contributed by atoms with Gasteiger partial charge in [-0.1, -0.05) is 0 Å². The van der Waals surface area contributed by atoms with Gasteiger partial charge in [0, 0.05) is 25.2 Å². The summed E-state index contributed by atoms with van der Waals surface area (Å²) in [6.45, 7) is 0. The van der Waals surface area contributed by atoms with Crippen molar-refractivity contribution in [2.24, 2.45) is 18.7 Å². The fraction of sp³-hybridized carbons (Fsp3) is 0.667. The van der Waals surface area contributed by atoms with Gasteiger partial charge in [0.2, 0.25) is 0 Å². The van der Waals surface area contributed by atoms with E-state index in [2.05, 4.69) is 5.10 Å². The molecule has 1 saturated carbocycles. The molecule has 0 bridgehead atoms. The maximum atomic E-state index is 12.0. The third-order valence-electron chi connectivity index (χ3n) is 3.35. The monoisotopic (exact) mass is 221 g/mol. The van der Waals surface area contributed by atoms with E-state index >= 15 is 0 Å². The summed E-state index contributed by atoms with van der Waals surface area (Å²) in [5, 5.41) is 4.23. The Morgan fingerprint density at radius 1 is 1.50 bits per heavy atom. The highest BCUT2D eigenvalue weighted by molar-refractivity contribution is 5.82. The minimum Gasteiger partial charge on any atom is -0.328 e. The van der Waals surface area contributed by atoms with Gasteiger partial charge in [-0.3, -0.25) is 9.48 Å². The summed E-state index contributed by atoms with van der Waals surface area (Å²) in [4.78, 5) is 12.0. The Hall–Kier alpha value is -1.16. The van der Waals surface area contributed by atoms with E-state index < -0.39 is 0 Å². The van der Waals surface area contributed by atoms with E-state index in [9.17, 15) is 4.79 Å². The highest BCUT2D eigenvalue weighted by Gasteiger charge is 2.24. The molecule has 0 amide bonds. The van der Waals surface area contributed by atoms with Crippen molar-refractivity contribution in [3.63, 3.8) is 0 Å². The highest BCUT2D eigenvalue weighted by atomic mass is 16.1. The minimum absolute atomic E-state index is 0.210. The van der Waals surface area contributed by atoms with Crippen molar-refractivity contribution in [1.82, 2.24) is 9.78 Å². The normalized spacial score (nSPS) is 25.6. The number of hydrogen-bond acceptors (Lipinski definition) is 3. The number of nitrogens with zero attached hydrogens (tertiary/aromatic N) is 2. The number of Topliss-reactive ketones (excluding diaryl/α,β-unsaturated/α-hetero) is 1. The molecule has 16 heavy (non-hydrogen) atoms. The van der Waals surface area contributed by atoms with Gasteiger partial charge in [-0.05, 0) is 31.7 Å². The van der Waals surface area contributed by atoms with Crippen LogP contribution in [0.1, 0.15) is 31.4 Å². The van der Waals surface area contributed by atoms with Crippen molar-refractivity contribution in [3.05, 3.63) is 18.0 Å². The van der Waals surface area contributed by atoms with Gasteiger partial charge in [0.1, 0.15) is 5.78 Å². The van der Waals surface area contributed by atoms with Crippen molar-refractivity contribution >= 4 is 5.78 Å². The number of aryl methyl sites for hydroxylation is 1. The molecule has 88 valence electrons. The molecule has 1 aromatic rings. The third kappa shape index (κ3) is 2.70. The van der Waals surface area contributed by atoms with Gasteiger partial charge < -0.3 is 5.73 Å². The molecule has 0 aliphatic heterocycles. The van der Waals surface area contributed by atoms with Crippen LogP contribution in [0.5, 0.6) is 0 Å². The molecular weight excluding hydrogens is 202 g/mol. The first-order chi connectivity index (χ1) is 7.65. The van der Waals surface area contributed by atoms with Crippen molar-refractivity contribution < 1.29 is 4.79 Å². The van der Waals surface area contributed by atoms with E-state index in [1.165, 1.54) is 0 Å². The molecule has 2 N–H and O–H groups in total. The Labute approximate surface area is 95.8 Å². The average Bonchev–Trinajstić information content (AvgIpc) is 2.65. The van der Waals surface area contributed by atoms with Crippen LogP contribution in [0, 0.1) is 5.92 Å². The molecule has 0 spiro atoms. The largest absolute Gasteiger partial charge is 0.328 e. The standard InChI is InChI=1S/C12H19N3O/c1-15-7-6-11(14-15)8-12(16)9-2-4-10(13)5-3-9/h6-7,9-10H,2-5,8,13H2,1H3. The second-order valence-electron chi connectivity index (χ2n) is 4.74. The summed E-state index contributed by atoms with van der Waals surface area (Å²) < 4.78 is 1.74. The molecule has 0 aromatic carbocycles. The van der Waals surface area contributed by atoms with Crippen molar-refractivity contribution in [1.29, 1.82) is 0 Å². The molecule has 0 atom stereocenters. The molecule has 4 heteroatoms. The van der Waals surface area contributed by atoms with Crippen LogP contribution in [0.3, 0.4) is 0 Å². The zero-order chi connectivity index (χ0) is 11.5. The third-order valence-corrected chi connectivity index (χ3v) is 3.35. The summed E-state index contributed by atoms with van der Waals surface area (Å²) in [6, 6.07) is 2.21. The number of ketones is 1. The van der Waals surface area contributed by atoms with Crippen LogP contribution in [0.2, 0.25) is 0 Å². The van der Waals surface area contributed by atoms with Crippen LogP contribution in [0.15, 0.2) is 12.3 Å². The van der Waals surface area contributed by atoms with Crippen molar-refractivity contribution in [2.75, 3.05) is 0 Å². The van der Waals surface area contributed by atoms with Crippen molar-refractivity contribution in [3.8, 4) is 0 Å². The summed E-state index contributed by atoms with van der Waals surface area (Å²) in [7, 11) is 1.87. The Kier molecular flexibility index (Phi) is 3.39.